The minimum Gasteiger partial charge on any atom is -0.412 e. The summed E-state index contributed by atoms with van der Waals surface area (Å²) in [6.45, 7) is 0. The molecule has 0 unspecified atom stereocenters. The molecule has 0 atom stereocenters. The second kappa shape index (κ2) is 2590. The molecular formula is CH17ClCoO7. The number of hydrogen-bond donors (Lipinski definition) is 1. The fourth-order valence-electron chi connectivity index (χ4n) is 0. The zero-order chi connectivity index (χ0) is 2.00. The smallest absolute Gasteiger partial charge is 0.0319 e. The zero-order valence-electron chi connectivity index (χ0n) is 5.19. The van der Waals surface area contributed by atoms with E-state index in [1.165, 1.54) is 0 Å². The third-order valence-electron chi connectivity index (χ3n) is 0. The normalized spacial score (nSPS) is 0.600. The number of hydrogen-bond acceptors (Lipinski definition) is 1. The molecule has 0 amide bonds. The van der Waals surface area contributed by atoms with Crippen LogP contribution < -0.4 is 0 Å². The molecule has 13 N–H and O–H groups in total. The first-order chi connectivity index (χ1) is 1.00. The molecule has 7 nitrogen and oxygen atoms in total. The van der Waals surface area contributed by atoms with E-state index in [0.29, 0.717) is 0 Å². The monoisotopic (exact) mass is 235 g/mol. The van der Waals surface area contributed by atoms with Crippen molar-refractivity contribution < 1.29 is 54.7 Å². The van der Waals surface area contributed by atoms with Crippen LogP contribution in [0.1, 0.15) is 0 Å². The summed E-state index contributed by atoms with van der Waals surface area (Å²) >= 11 is 0. The molecule has 0 aromatic carbocycles. The summed E-state index contributed by atoms with van der Waals surface area (Å²) in [5, 5.41) is 7.00. The van der Waals surface area contributed by atoms with Crippen molar-refractivity contribution in [3.8, 4) is 0 Å². The van der Waals surface area contributed by atoms with Crippen LogP contribution in [0.4, 0.5) is 0 Å². The van der Waals surface area contributed by atoms with Crippen LogP contribution in [0.2, 0.25) is 0 Å². The van der Waals surface area contributed by atoms with Crippen LogP contribution in [-0.2, 0) is 16.8 Å². The molecule has 9 heteroatoms. The van der Waals surface area contributed by atoms with Gasteiger partial charge in [0.25, 0.3) is 0 Å². The Morgan fingerprint density at radius 2 is 0.600 bits per heavy atom. The Hall–Kier alpha value is 0.516. The topological polar surface area (TPSA) is 209 Å². The molecule has 0 aliphatic heterocycles. The largest absolute Gasteiger partial charge is 0.412 e. The van der Waals surface area contributed by atoms with E-state index in [2.05, 4.69) is 0 Å². The van der Waals surface area contributed by atoms with Crippen molar-refractivity contribution in [1.29, 1.82) is 0 Å². The van der Waals surface area contributed by atoms with Gasteiger partial charge in [-0.2, -0.15) is 0 Å². The summed E-state index contributed by atoms with van der Waals surface area (Å²) in [6.07, 6.45) is 0. The van der Waals surface area contributed by atoms with Crippen molar-refractivity contribution >= 4 is 12.4 Å². The molecule has 79 valence electrons. The zero-order valence-corrected chi connectivity index (χ0v) is 7.05. The van der Waals surface area contributed by atoms with Crippen LogP contribution in [0.25, 0.3) is 0 Å². The molecule has 10 heavy (non-hydrogen) atoms. The van der Waals surface area contributed by atoms with Crippen LogP contribution in [0.15, 0.2) is 0 Å². The minimum atomic E-state index is 0. The second-order valence-electron chi connectivity index (χ2n) is 0. The molecule has 0 aromatic rings. The molecule has 0 aliphatic carbocycles. The van der Waals surface area contributed by atoms with Crippen molar-refractivity contribution in [2.45, 2.75) is 0 Å². The number of rotatable bonds is 0. The SMILES string of the molecule is CO.Cl.O.O.O.O.O.O.[Co]. The third-order valence-corrected chi connectivity index (χ3v) is 0. The van der Waals surface area contributed by atoms with Crippen molar-refractivity contribution in [3.05, 3.63) is 0 Å². The minimum absolute atomic E-state index is 0. The average molecular weight is 236 g/mol. The van der Waals surface area contributed by atoms with E-state index in [0.717, 1.165) is 7.11 Å². The summed E-state index contributed by atoms with van der Waals surface area (Å²) in [5.74, 6) is 0. The van der Waals surface area contributed by atoms with Gasteiger partial charge in [-0.05, 0) is 0 Å². The van der Waals surface area contributed by atoms with Gasteiger partial charge in [0, 0.05) is 23.9 Å². The predicted molar refractivity (Wildman–Crippen MR) is 37.1 cm³/mol. The maximum atomic E-state index is 7.00. The third kappa shape index (κ3) is 1800. The first-order valence-electron chi connectivity index (χ1n) is 0.447. The van der Waals surface area contributed by atoms with Gasteiger partial charge in [0.2, 0.25) is 0 Å². The Bertz CT molecular complexity index is 13.6. The van der Waals surface area contributed by atoms with Gasteiger partial charge in [-0.25, -0.2) is 0 Å². The molecule has 0 spiro atoms. The van der Waals surface area contributed by atoms with Gasteiger partial charge >= 0.3 is 0 Å². The Kier molecular flexibility index (Phi) is 107000. The van der Waals surface area contributed by atoms with Crippen molar-refractivity contribution in [1.82, 2.24) is 0 Å². The summed E-state index contributed by atoms with van der Waals surface area (Å²) in [6, 6.07) is 0. The van der Waals surface area contributed by atoms with E-state index in [1.54, 1.807) is 0 Å². The maximum Gasteiger partial charge on any atom is 0.0319 e. The average Bonchev–Trinajstić information content (AvgIpc) is 1.00. The molecule has 1 radical (unpaired) electrons. The maximum absolute atomic E-state index is 7.00. The first-order valence-corrected chi connectivity index (χ1v) is 0.447. The van der Waals surface area contributed by atoms with E-state index < -0.39 is 0 Å². The Balaban J connectivity index is -0.000000000179. The number of aliphatic hydroxyl groups excluding tert-OH is 1. The van der Waals surface area contributed by atoms with Crippen molar-refractivity contribution in [3.63, 3.8) is 0 Å². The van der Waals surface area contributed by atoms with Gasteiger partial charge in [0.15, 0.2) is 0 Å². The standard InChI is InChI=1S/CH4O.ClH.Co.6H2O/c1-2;;;;;;;;/h2H,1H3;1H;;6*1H2. The van der Waals surface area contributed by atoms with Gasteiger partial charge in [0.1, 0.15) is 0 Å². The summed E-state index contributed by atoms with van der Waals surface area (Å²) < 4.78 is 0. The molecule has 0 saturated carbocycles. The summed E-state index contributed by atoms with van der Waals surface area (Å²) in [7, 11) is 1.00. The molecule has 0 aromatic heterocycles. The Morgan fingerprint density at radius 1 is 0.600 bits per heavy atom. The molecule has 0 heterocycles. The van der Waals surface area contributed by atoms with Crippen LogP contribution in [0, 0.1) is 0 Å². The van der Waals surface area contributed by atoms with E-state index in [-0.39, 0.29) is 62.0 Å². The van der Waals surface area contributed by atoms with Crippen LogP contribution in [-0.4, -0.2) is 45.1 Å². The molecule has 0 saturated heterocycles. The fraction of sp³-hybridized carbons (Fsp3) is 1.00. The first kappa shape index (κ1) is 414. The predicted octanol–water partition coefficient (Wildman–Crippen LogP) is -4.92. The van der Waals surface area contributed by atoms with Crippen molar-refractivity contribution in [2.24, 2.45) is 0 Å². The summed E-state index contributed by atoms with van der Waals surface area (Å²) in [5.41, 5.74) is 0. The number of halogens is 1. The van der Waals surface area contributed by atoms with Crippen molar-refractivity contribution in [2.75, 3.05) is 7.11 Å². The van der Waals surface area contributed by atoms with Crippen LogP contribution in [0.3, 0.4) is 0 Å². The van der Waals surface area contributed by atoms with Gasteiger partial charge in [-0.15, -0.1) is 12.4 Å². The van der Waals surface area contributed by atoms with E-state index in [9.17, 15) is 0 Å². The van der Waals surface area contributed by atoms with Gasteiger partial charge in [0.05, 0.1) is 0 Å². The summed E-state index contributed by atoms with van der Waals surface area (Å²) in [4.78, 5) is 0. The van der Waals surface area contributed by atoms with Gasteiger partial charge in [-0.3, -0.25) is 0 Å². The van der Waals surface area contributed by atoms with Gasteiger partial charge < -0.3 is 38.0 Å². The van der Waals surface area contributed by atoms with Gasteiger partial charge in [-0.1, -0.05) is 0 Å². The van der Waals surface area contributed by atoms with Crippen LogP contribution >= 0.6 is 12.4 Å². The quantitative estimate of drug-likeness (QED) is 0.429. The molecule has 0 aliphatic rings. The van der Waals surface area contributed by atoms with E-state index >= 15 is 0 Å². The van der Waals surface area contributed by atoms with Crippen LogP contribution in [0.5, 0.6) is 0 Å². The Labute approximate surface area is 74.9 Å². The van der Waals surface area contributed by atoms with E-state index in [1.807, 2.05) is 0 Å². The molecule has 0 bridgehead atoms. The molecule has 0 rings (SSSR count). The molecular weight excluding hydrogens is 218 g/mol. The molecule has 0 fully saturated rings. The fourth-order valence-corrected chi connectivity index (χ4v) is 0. The van der Waals surface area contributed by atoms with E-state index in [4.69, 9.17) is 5.11 Å². The Morgan fingerprint density at radius 3 is 0.600 bits per heavy atom. The second-order valence-corrected chi connectivity index (χ2v) is 0. The number of aliphatic hydroxyl groups is 1.